The fourth-order valence-electron chi connectivity index (χ4n) is 2.28. The summed E-state index contributed by atoms with van der Waals surface area (Å²) in [5.41, 5.74) is 1.70. The third-order valence-electron chi connectivity index (χ3n) is 3.75. The molecule has 0 unspecified atom stereocenters. The predicted octanol–water partition coefficient (Wildman–Crippen LogP) is 3.30. The van der Waals surface area contributed by atoms with Gasteiger partial charge in [0, 0.05) is 11.8 Å². The molecule has 0 heterocycles. The van der Waals surface area contributed by atoms with Crippen LogP contribution in [0, 0.1) is 6.92 Å². The van der Waals surface area contributed by atoms with Crippen molar-refractivity contribution in [2.45, 2.75) is 20.0 Å². The highest BCUT2D eigenvalue weighted by Crippen LogP contribution is 2.32. The molecule has 0 saturated heterocycles. The van der Waals surface area contributed by atoms with Crippen LogP contribution in [0.15, 0.2) is 41.4 Å². The van der Waals surface area contributed by atoms with Crippen LogP contribution in [-0.4, -0.2) is 41.6 Å². The van der Waals surface area contributed by atoms with Gasteiger partial charge < -0.3 is 19.7 Å². The molecule has 0 fully saturated rings. The van der Waals surface area contributed by atoms with E-state index in [-0.39, 0.29) is 11.3 Å². The minimum Gasteiger partial charge on any atom is -0.493 e. The molecule has 0 radical (unpaired) electrons. The number of ether oxygens (including phenoxy) is 2. The number of carbonyl (C=O) groups is 2. The highest BCUT2D eigenvalue weighted by atomic mass is 16.5. The molecule has 136 valence electrons. The molecule has 7 heteroatoms. The van der Waals surface area contributed by atoms with Gasteiger partial charge in [0.25, 0.3) is 0 Å². The molecule has 0 aliphatic rings. The van der Waals surface area contributed by atoms with Crippen LogP contribution < -0.4 is 9.47 Å². The Kier molecular flexibility index (Phi) is 5.95. The number of hydrogen-bond donors (Lipinski definition) is 2. The predicted molar refractivity (Wildman–Crippen MR) is 96.1 cm³/mol. The molecule has 2 N–H and O–H groups in total. The first-order valence-electron chi connectivity index (χ1n) is 7.78. The van der Waals surface area contributed by atoms with E-state index in [2.05, 4.69) is 4.99 Å². The Morgan fingerprint density at radius 1 is 1.15 bits per heavy atom. The summed E-state index contributed by atoms with van der Waals surface area (Å²) in [4.78, 5) is 26.6. The second-order valence-electron chi connectivity index (χ2n) is 5.49. The number of rotatable bonds is 7. The van der Waals surface area contributed by atoms with Crippen molar-refractivity contribution < 1.29 is 29.3 Å². The number of aliphatic carboxylic acids is 1. The fraction of sp³-hybridized carbons (Fsp3) is 0.211. The summed E-state index contributed by atoms with van der Waals surface area (Å²) in [6.45, 7) is 3.09. The first-order valence-corrected chi connectivity index (χ1v) is 7.78. The third kappa shape index (κ3) is 4.18. The molecule has 2 aromatic carbocycles. The molecule has 7 nitrogen and oxygen atoms in total. The first kappa shape index (κ1) is 19.0. The van der Waals surface area contributed by atoms with Crippen molar-refractivity contribution in [2.24, 2.45) is 4.99 Å². The monoisotopic (exact) mass is 357 g/mol. The average Bonchev–Trinajstić information content (AvgIpc) is 2.61. The topological polar surface area (TPSA) is 105 Å². The van der Waals surface area contributed by atoms with E-state index in [0.29, 0.717) is 22.6 Å². The normalized spacial score (nSPS) is 12.0. The number of methoxy groups -OCH3 is 1. The molecule has 0 aliphatic carbocycles. The number of carboxylic acids is 2. The van der Waals surface area contributed by atoms with Gasteiger partial charge in [-0.05, 0) is 43.7 Å². The Morgan fingerprint density at radius 3 is 2.46 bits per heavy atom. The summed E-state index contributed by atoms with van der Waals surface area (Å²) in [7, 11) is 1.45. The third-order valence-corrected chi connectivity index (χ3v) is 3.75. The zero-order valence-corrected chi connectivity index (χ0v) is 14.6. The Morgan fingerprint density at radius 2 is 1.85 bits per heavy atom. The average molecular weight is 357 g/mol. The van der Waals surface area contributed by atoms with Gasteiger partial charge in [0.2, 0.25) is 0 Å². The van der Waals surface area contributed by atoms with E-state index in [1.165, 1.54) is 26.3 Å². The van der Waals surface area contributed by atoms with E-state index >= 15 is 0 Å². The number of carboxylic acid groups (broad SMARTS) is 2. The van der Waals surface area contributed by atoms with Crippen molar-refractivity contribution in [2.75, 3.05) is 7.11 Å². The van der Waals surface area contributed by atoms with E-state index in [0.717, 1.165) is 0 Å². The van der Waals surface area contributed by atoms with Gasteiger partial charge in [0.05, 0.1) is 18.4 Å². The number of nitrogens with zero attached hydrogens (tertiary/aromatic N) is 1. The summed E-state index contributed by atoms with van der Waals surface area (Å²) < 4.78 is 10.7. The van der Waals surface area contributed by atoms with Gasteiger partial charge >= 0.3 is 11.9 Å². The van der Waals surface area contributed by atoms with Gasteiger partial charge in [0.15, 0.2) is 17.6 Å². The lowest BCUT2D eigenvalue weighted by Gasteiger charge is -2.15. The second-order valence-corrected chi connectivity index (χ2v) is 5.49. The van der Waals surface area contributed by atoms with Crippen LogP contribution in [0.5, 0.6) is 11.5 Å². The lowest BCUT2D eigenvalue weighted by atomic mass is 10.1. The van der Waals surface area contributed by atoms with Gasteiger partial charge in [-0.15, -0.1) is 0 Å². The number of para-hydroxylation sites is 1. The smallest absolute Gasteiger partial charge is 0.344 e. The minimum absolute atomic E-state index is 0.168. The molecule has 0 spiro atoms. The second kappa shape index (κ2) is 8.15. The van der Waals surface area contributed by atoms with Crippen molar-refractivity contribution in [3.63, 3.8) is 0 Å². The molecule has 0 aromatic heterocycles. The maximum atomic E-state index is 11.2. The summed E-state index contributed by atoms with van der Waals surface area (Å²) >= 11 is 0. The maximum Gasteiger partial charge on any atom is 0.344 e. The Hall–Kier alpha value is -3.35. The van der Waals surface area contributed by atoms with E-state index in [1.54, 1.807) is 37.3 Å². The highest BCUT2D eigenvalue weighted by Gasteiger charge is 2.18. The lowest BCUT2D eigenvalue weighted by molar-refractivity contribution is -0.144. The van der Waals surface area contributed by atoms with Crippen molar-refractivity contribution in [1.82, 2.24) is 0 Å². The lowest BCUT2D eigenvalue weighted by Crippen LogP contribution is -2.23. The van der Waals surface area contributed by atoms with Gasteiger partial charge in [-0.3, -0.25) is 4.99 Å². The number of aliphatic imine (C=N–C) groups is 1. The standard InChI is InChI=1S/C19H19NO6/c1-11-14(19(23)24)7-5-8-15(11)20-10-13-6-4-9-16(25-3)17(13)26-12(2)18(21)22/h4-10,12H,1-3H3,(H,21,22)(H,23,24)/t12-/m0/s1. The molecule has 2 aromatic rings. The zero-order valence-electron chi connectivity index (χ0n) is 14.6. The minimum atomic E-state index is -1.11. The molecule has 0 aliphatic heterocycles. The molecule has 26 heavy (non-hydrogen) atoms. The van der Waals surface area contributed by atoms with E-state index in [4.69, 9.17) is 14.6 Å². The molecule has 2 rings (SSSR count). The van der Waals surface area contributed by atoms with Crippen LogP contribution in [0.3, 0.4) is 0 Å². The quantitative estimate of drug-likeness (QED) is 0.737. The van der Waals surface area contributed by atoms with Gasteiger partial charge in [0.1, 0.15) is 0 Å². The van der Waals surface area contributed by atoms with Crippen molar-refractivity contribution >= 4 is 23.8 Å². The summed E-state index contributed by atoms with van der Waals surface area (Å²) in [6.07, 6.45) is 0.413. The largest absolute Gasteiger partial charge is 0.493 e. The molecule has 0 saturated carbocycles. The van der Waals surface area contributed by atoms with Crippen LogP contribution in [-0.2, 0) is 4.79 Å². The fourth-order valence-corrected chi connectivity index (χ4v) is 2.28. The van der Waals surface area contributed by atoms with Crippen LogP contribution in [0.25, 0.3) is 0 Å². The van der Waals surface area contributed by atoms with Crippen LogP contribution in [0.1, 0.15) is 28.4 Å². The van der Waals surface area contributed by atoms with Crippen molar-refractivity contribution in [3.05, 3.63) is 53.1 Å². The molecule has 0 amide bonds. The van der Waals surface area contributed by atoms with Crippen LogP contribution in [0.4, 0.5) is 5.69 Å². The van der Waals surface area contributed by atoms with Crippen molar-refractivity contribution in [1.29, 1.82) is 0 Å². The highest BCUT2D eigenvalue weighted by molar-refractivity contribution is 5.92. The van der Waals surface area contributed by atoms with E-state index < -0.39 is 18.0 Å². The van der Waals surface area contributed by atoms with Crippen LogP contribution in [0.2, 0.25) is 0 Å². The number of hydrogen-bond acceptors (Lipinski definition) is 5. The SMILES string of the molecule is COc1cccc(C=Nc2cccc(C(=O)O)c2C)c1O[C@@H](C)C(=O)O. The van der Waals surface area contributed by atoms with E-state index in [9.17, 15) is 14.7 Å². The molecular weight excluding hydrogens is 338 g/mol. The molecule has 0 bridgehead atoms. The van der Waals surface area contributed by atoms with Gasteiger partial charge in [-0.2, -0.15) is 0 Å². The van der Waals surface area contributed by atoms with Gasteiger partial charge in [-0.1, -0.05) is 12.1 Å². The Labute approximate surface area is 150 Å². The Balaban J connectivity index is 2.43. The number of aromatic carboxylic acids is 1. The molecule has 1 atom stereocenters. The maximum absolute atomic E-state index is 11.2. The van der Waals surface area contributed by atoms with E-state index in [1.807, 2.05) is 0 Å². The first-order chi connectivity index (χ1) is 12.3. The van der Waals surface area contributed by atoms with Crippen molar-refractivity contribution in [3.8, 4) is 11.5 Å². The summed E-state index contributed by atoms with van der Waals surface area (Å²) in [5.74, 6) is -1.51. The number of benzene rings is 2. The van der Waals surface area contributed by atoms with Crippen LogP contribution >= 0.6 is 0 Å². The zero-order chi connectivity index (χ0) is 19.3. The Bertz CT molecular complexity index is 859. The van der Waals surface area contributed by atoms with Gasteiger partial charge in [-0.25, -0.2) is 9.59 Å². The summed E-state index contributed by atoms with van der Waals surface area (Å²) in [5, 5.41) is 18.3. The molecular formula is C19H19NO6. The summed E-state index contributed by atoms with van der Waals surface area (Å²) in [6, 6.07) is 9.88.